The molecule has 2 aliphatic rings. The Bertz CT molecular complexity index is 1030. The van der Waals surface area contributed by atoms with Crippen LogP contribution in [0, 0.1) is 0 Å². The van der Waals surface area contributed by atoms with Crippen LogP contribution in [0.5, 0.6) is 5.75 Å². The highest BCUT2D eigenvalue weighted by atomic mass is 32.2. The molecule has 154 valence electrons. The lowest BCUT2D eigenvalue weighted by Crippen LogP contribution is -2.37. The maximum Gasteiger partial charge on any atom is 0.258 e. The lowest BCUT2D eigenvalue weighted by molar-refractivity contribution is 0.0981. The minimum Gasteiger partial charge on any atom is -0.495 e. The summed E-state index contributed by atoms with van der Waals surface area (Å²) in [6.07, 6.45) is 3.52. The molecular formula is C22H26N2O4S. The van der Waals surface area contributed by atoms with Crippen molar-refractivity contribution in [1.82, 2.24) is 4.31 Å². The molecule has 1 fully saturated rings. The molecule has 0 aromatic heterocycles. The fraction of sp³-hybridized carbons (Fsp3) is 0.409. The number of ether oxygens (including phenoxy) is 1. The average molecular weight is 415 g/mol. The zero-order valence-corrected chi connectivity index (χ0v) is 17.6. The minimum absolute atomic E-state index is 0.0177. The van der Waals surface area contributed by atoms with Gasteiger partial charge in [-0.15, -0.1) is 0 Å². The summed E-state index contributed by atoms with van der Waals surface area (Å²) in [5.74, 6) is 0.0715. The zero-order valence-electron chi connectivity index (χ0n) is 16.8. The zero-order chi connectivity index (χ0) is 20.6. The van der Waals surface area contributed by atoms with Crippen LogP contribution in [0.3, 0.4) is 0 Å². The topological polar surface area (TPSA) is 66.9 Å². The first-order valence-electron chi connectivity index (χ1n) is 10.0. The average Bonchev–Trinajstić information content (AvgIpc) is 3.09. The molecule has 2 aromatic rings. The Hall–Kier alpha value is -2.38. The van der Waals surface area contributed by atoms with Gasteiger partial charge in [0.15, 0.2) is 0 Å². The number of methoxy groups -OCH3 is 1. The van der Waals surface area contributed by atoms with Crippen molar-refractivity contribution in [3.8, 4) is 5.75 Å². The summed E-state index contributed by atoms with van der Waals surface area (Å²) in [6, 6.07) is 12.6. The molecule has 2 aliphatic heterocycles. The lowest BCUT2D eigenvalue weighted by Gasteiger charge is -2.27. The van der Waals surface area contributed by atoms with Gasteiger partial charge in [-0.2, -0.15) is 4.31 Å². The van der Waals surface area contributed by atoms with Crippen LogP contribution in [0.15, 0.2) is 47.4 Å². The van der Waals surface area contributed by atoms with E-state index in [9.17, 15) is 13.2 Å². The number of rotatable bonds is 4. The Morgan fingerprint density at radius 2 is 1.79 bits per heavy atom. The van der Waals surface area contributed by atoms with Crippen LogP contribution in [0.25, 0.3) is 0 Å². The molecule has 0 aliphatic carbocycles. The predicted molar refractivity (Wildman–Crippen MR) is 112 cm³/mol. The Morgan fingerprint density at radius 3 is 2.52 bits per heavy atom. The van der Waals surface area contributed by atoms with E-state index in [4.69, 9.17) is 4.74 Å². The van der Waals surface area contributed by atoms with Crippen molar-refractivity contribution in [2.45, 2.75) is 43.5 Å². The highest BCUT2D eigenvalue weighted by Crippen LogP contribution is 2.35. The van der Waals surface area contributed by atoms with E-state index in [0.717, 1.165) is 36.9 Å². The first-order chi connectivity index (χ1) is 13.9. The molecule has 1 amide bonds. The lowest BCUT2D eigenvalue weighted by atomic mass is 10.1. The predicted octanol–water partition coefficient (Wildman–Crippen LogP) is 3.46. The summed E-state index contributed by atoms with van der Waals surface area (Å²) < 4.78 is 33.3. The van der Waals surface area contributed by atoms with Crippen molar-refractivity contribution in [2.24, 2.45) is 0 Å². The summed E-state index contributed by atoms with van der Waals surface area (Å²) in [7, 11) is -2.27. The van der Waals surface area contributed by atoms with Gasteiger partial charge >= 0.3 is 0 Å². The largest absolute Gasteiger partial charge is 0.495 e. The summed E-state index contributed by atoms with van der Waals surface area (Å²) in [4.78, 5) is 15.2. The molecule has 0 saturated carbocycles. The van der Waals surface area contributed by atoms with Gasteiger partial charge < -0.3 is 9.64 Å². The van der Waals surface area contributed by atoms with Crippen LogP contribution in [0.1, 0.15) is 42.1 Å². The third-order valence-electron chi connectivity index (χ3n) is 5.77. The Labute approximate surface area is 172 Å². The van der Waals surface area contributed by atoms with E-state index in [0.29, 0.717) is 18.7 Å². The third kappa shape index (κ3) is 3.53. The summed E-state index contributed by atoms with van der Waals surface area (Å²) >= 11 is 0. The molecular weight excluding hydrogens is 388 g/mol. The number of hydrogen-bond donors (Lipinski definition) is 0. The summed E-state index contributed by atoms with van der Waals surface area (Å²) in [6.45, 7) is 3.01. The summed E-state index contributed by atoms with van der Waals surface area (Å²) in [5.41, 5.74) is 2.37. The molecule has 0 radical (unpaired) electrons. The van der Waals surface area contributed by atoms with E-state index in [1.165, 1.54) is 17.5 Å². The Balaban J connectivity index is 1.73. The van der Waals surface area contributed by atoms with E-state index in [-0.39, 0.29) is 22.6 Å². The fourth-order valence-corrected chi connectivity index (χ4v) is 5.97. The fourth-order valence-electron chi connectivity index (χ4n) is 4.27. The first kappa shape index (κ1) is 19.9. The van der Waals surface area contributed by atoms with Crippen molar-refractivity contribution < 1.29 is 17.9 Å². The van der Waals surface area contributed by atoms with E-state index in [1.807, 2.05) is 31.2 Å². The number of fused-ring (bicyclic) bond motifs is 1. The van der Waals surface area contributed by atoms with Crippen molar-refractivity contribution >= 4 is 21.6 Å². The van der Waals surface area contributed by atoms with E-state index >= 15 is 0 Å². The van der Waals surface area contributed by atoms with Crippen molar-refractivity contribution in [3.63, 3.8) is 0 Å². The third-order valence-corrected chi connectivity index (χ3v) is 7.69. The molecule has 0 N–H and O–H groups in total. The highest BCUT2D eigenvalue weighted by molar-refractivity contribution is 7.89. The van der Waals surface area contributed by atoms with Crippen molar-refractivity contribution in [1.29, 1.82) is 0 Å². The number of para-hydroxylation sites is 1. The first-order valence-corrected chi connectivity index (χ1v) is 11.5. The molecule has 29 heavy (non-hydrogen) atoms. The molecule has 4 rings (SSSR count). The molecule has 0 spiro atoms. The maximum atomic E-state index is 13.4. The van der Waals surface area contributed by atoms with Crippen LogP contribution in [0.2, 0.25) is 0 Å². The van der Waals surface area contributed by atoms with E-state index in [2.05, 4.69) is 0 Å². The maximum absolute atomic E-state index is 13.4. The number of nitrogens with zero attached hydrogens (tertiary/aromatic N) is 2. The Kier molecular flexibility index (Phi) is 5.36. The van der Waals surface area contributed by atoms with Crippen LogP contribution >= 0.6 is 0 Å². The van der Waals surface area contributed by atoms with Crippen molar-refractivity contribution in [2.75, 3.05) is 25.1 Å². The number of amides is 1. The molecule has 1 atom stereocenters. The van der Waals surface area contributed by atoms with Crippen molar-refractivity contribution in [3.05, 3.63) is 53.6 Å². The van der Waals surface area contributed by atoms with Crippen LogP contribution < -0.4 is 9.64 Å². The van der Waals surface area contributed by atoms with Crippen LogP contribution in [0.4, 0.5) is 5.69 Å². The number of anilines is 1. The second-order valence-corrected chi connectivity index (χ2v) is 9.59. The van der Waals surface area contributed by atoms with Gasteiger partial charge in [0, 0.05) is 30.4 Å². The monoisotopic (exact) mass is 414 g/mol. The SMILES string of the molecule is COc1ccc(C(=O)N2c3ccccc3C[C@@H]2C)cc1S(=O)(=O)N1CCCCC1. The second-order valence-electron chi connectivity index (χ2n) is 7.69. The number of benzene rings is 2. The molecule has 0 bridgehead atoms. The highest BCUT2D eigenvalue weighted by Gasteiger charge is 2.34. The van der Waals surface area contributed by atoms with Gasteiger partial charge in [-0.25, -0.2) is 8.42 Å². The molecule has 2 heterocycles. The van der Waals surface area contributed by atoms with Gasteiger partial charge in [0.1, 0.15) is 10.6 Å². The van der Waals surface area contributed by atoms with Gasteiger partial charge in [-0.3, -0.25) is 4.79 Å². The normalized spacial score (nSPS) is 19.8. The molecule has 0 unspecified atom stereocenters. The quantitative estimate of drug-likeness (QED) is 0.768. The molecule has 6 nitrogen and oxygen atoms in total. The smallest absolute Gasteiger partial charge is 0.258 e. The molecule has 1 saturated heterocycles. The number of hydrogen-bond acceptors (Lipinski definition) is 4. The van der Waals surface area contributed by atoms with Crippen LogP contribution in [-0.2, 0) is 16.4 Å². The van der Waals surface area contributed by atoms with E-state index in [1.54, 1.807) is 17.0 Å². The number of carbonyl (C=O) groups is 1. The van der Waals surface area contributed by atoms with Gasteiger partial charge in [-0.1, -0.05) is 24.6 Å². The Morgan fingerprint density at radius 1 is 1.07 bits per heavy atom. The second kappa shape index (κ2) is 7.80. The standard InChI is InChI=1S/C22H26N2O4S/c1-16-14-17-8-4-5-9-19(17)24(16)22(25)18-10-11-20(28-2)21(15-18)29(26,27)23-12-6-3-7-13-23/h4-5,8-11,15-16H,3,6-7,12-14H2,1-2H3/t16-/m0/s1. The minimum atomic E-state index is -3.72. The van der Waals surface area contributed by atoms with Gasteiger partial charge in [-0.05, 0) is 56.0 Å². The molecule has 7 heteroatoms. The number of piperidine rings is 1. The number of carbonyl (C=O) groups excluding carboxylic acids is 1. The van der Waals surface area contributed by atoms with Gasteiger partial charge in [0.2, 0.25) is 10.0 Å². The number of sulfonamides is 1. The van der Waals surface area contributed by atoms with Gasteiger partial charge in [0.25, 0.3) is 5.91 Å². The van der Waals surface area contributed by atoms with Gasteiger partial charge in [0.05, 0.1) is 7.11 Å². The van der Waals surface area contributed by atoms with Crippen LogP contribution in [-0.4, -0.2) is 44.9 Å². The van der Waals surface area contributed by atoms with E-state index < -0.39 is 10.0 Å². The summed E-state index contributed by atoms with van der Waals surface area (Å²) in [5, 5.41) is 0. The molecule has 2 aromatic carbocycles.